The van der Waals surface area contributed by atoms with Crippen LogP contribution in [0.3, 0.4) is 0 Å². The summed E-state index contributed by atoms with van der Waals surface area (Å²) in [4.78, 5) is 31.8. The first kappa shape index (κ1) is 21.9. The molecule has 8 nitrogen and oxygen atoms in total. The van der Waals surface area contributed by atoms with Crippen LogP contribution in [0.1, 0.15) is 24.1 Å². The number of aryl methyl sites for hydroxylation is 1. The number of thiophene rings is 1. The molecule has 182 valence electrons. The van der Waals surface area contributed by atoms with Crippen LogP contribution >= 0.6 is 11.3 Å². The van der Waals surface area contributed by atoms with Crippen LogP contribution in [0.15, 0.2) is 61.3 Å². The van der Waals surface area contributed by atoms with Gasteiger partial charge in [0, 0.05) is 50.0 Å². The fraction of sp³-hybridized carbons (Fsp3) is 0.179. The minimum Gasteiger partial charge on any atom is -0.352 e. The van der Waals surface area contributed by atoms with Gasteiger partial charge in [-0.25, -0.2) is 0 Å². The lowest BCUT2D eigenvalue weighted by molar-refractivity contribution is -0.122. The summed E-state index contributed by atoms with van der Waals surface area (Å²) in [6.45, 7) is 2.11. The lowest BCUT2D eigenvalue weighted by Crippen LogP contribution is -2.28. The zero-order valence-electron chi connectivity index (χ0n) is 20.1. The van der Waals surface area contributed by atoms with Crippen molar-refractivity contribution in [2.75, 3.05) is 5.32 Å². The zero-order valence-corrected chi connectivity index (χ0v) is 20.9. The summed E-state index contributed by atoms with van der Waals surface area (Å²) in [6, 6.07) is 10.3. The van der Waals surface area contributed by atoms with Gasteiger partial charge in [-0.15, -0.1) is 11.3 Å². The molecule has 0 saturated heterocycles. The number of pyridine rings is 3. The Kier molecular flexibility index (Phi) is 5.10. The molecular formula is C28H23N7OS. The van der Waals surface area contributed by atoms with Crippen molar-refractivity contribution in [2.24, 2.45) is 5.92 Å². The van der Waals surface area contributed by atoms with Gasteiger partial charge in [-0.3, -0.25) is 24.8 Å². The summed E-state index contributed by atoms with van der Waals surface area (Å²) in [5, 5.41) is 12.8. The smallest absolute Gasteiger partial charge is 0.227 e. The highest BCUT2D eigenvalue weighted by Gasteiger charge is 2.25. The van der Waals surface area contributed by atoms with E-state index in [-0.39, 0.29) is 11.8 Å². The minimum atomic E-state index is 0.0658. The van der Waals surface area contributed by atoms with Crippen molar-refractivity contribution in [2.45, 2.75) is 26.2 Å². The maximum Gasteiger partial charge on any atom is 0.227 e. The van der Waals surface area contributed by atoms with E-state index in [1.54, 1.807) is 29.9 Å². The third-order valence-electron chi connectivity index (χ3n) is 7.03. The number of hydrogen-bond acceptors (Lipinski definition) is 6. The molecule has 6 aromatic rings. The number of aromatic nitrogens is 6. The van der Waals surface area contributed by atoms with Gasteiger partial charge < -0.3 is 10.3 Å². The average molecular weight is 506 g/mol. The molecule has 0 atom stereocenters. The number of carbonyl (C=O) groups excluding carboxylic acids is 1. The van der Waals surface area contributed by atoms with Gasteiger partial charge in [0.25, 0.3) is 0 Å². The Bertz CT molecular complexity index is 1790. The van der Waals surface area contributed by atoms with E-state index in [4.69, 9.17) is 0 Å². The van der Waals surface area contributed by atoms with E-state index >= 15 is 0 Å². The van der Waals surface area contributed by atoms with E-state index < -0.39 is 0 Å². The highest BCUT2D eigenvalue weighted by molar-refractivity contribution is 7.15. The molecule has 0 unspecified atom stereocenters. The fourth-order valence-electron chi connectivity index (χ4n) is 4.80. The summed E-state index contributed by atoms with van der Waals surface area (Å²) in [7, 11) is 0. The number of H-pyrrole nitrogens is 2. The van der Waals surface area contributed by atoms with Crippen molar-refractivity contribution >= 4 is 44.7 Å². The maximum absolute atomic E-state index is 12.4. The van der Waals surface area contributed by atoms with Gasteiger partial charge in [-0.1, -0.05) is 6.42 Å². The molecule has 0 bridgehead atoms. The summed E-state index contributed by atoms with van der Waals surface area (Å²) in [5.41, 5.74) is 6.89. The van der Waals surface area contributed by atoms with Gasteiger partial charge in [-0.2, -0.15) is 5.10 Å². The van der Waals surface area contributed by atoms with Gasteiger partial charge in [0.05, 0.1) is 46.7 Å². The lowest BCUT2D eigenvalue weighted by Gasteiger charge is -2.24. The molecule has 3 N–H and O–H groups in total. The summed E-state index contributed by atoms with van der Waals surface area (Å²) >= 11 is 1.76. The Labute approximate surface area is 216 Å². The summed E-state index contributed by atoms with van der Waals surface area (Å²) < 4.78 is 0. The van der Waals surface area contributed by atoms with Crippen molar-refractivity contribution < 1.29 is 4.79 Å². The molecule has 0 spiro atoms. The molecule has 9 heteroatoms. The zero-order chi connectivity index (χ0) is 24.9. The molecule has 7 rings (SSSR count). The van der Waals surface area contributed by atoms with Gasteiger partial charge in [0.15, 0.2) is 0 Å². The number of amides is 1. The topological polar surface area (TPSA) is 112 Å². The largest absolute Gasteiger partial charge is 0.352 e. The second-order valence-corrected chi connectivity index (χ2v) is 10.8. The standard InChI is InChI=1S/C28H23N7OS/c1-15-5-6-26(37-15)21-12-30-13-24-19(21)8-23(33-24)27-20-9-22(31-14-25(20)34-35-27)17-7-18(11-29-10-17)32-28(36)16-3-2-4-16/h5-14,16,33H,2-4H2,1H3,(H,32,36)(H,34,35). The van der Waals surface area contributed by atoms with E-state index in [9.17, 15) is 4.79 Å². The predicted octanol–water partition coefficient (Wildman–Crippen LogP) is 6.34. The Morgan fingerprint density at radius 1 is 1.00 bits per heavy atom. The molecule has 1 aliphatic carbocycles. The Morgan fingerprint density at radius 2 is 1.89 bits per heavy atom. The average Bonchev–Trinajstić information content (AvgIpc) is 3.60. The van der Waals surface area contributed by atoms with Crippen LogP contribution in [0.25, 0.3) is 54.9 Å². The molecule has 0 radical (unpaired) electrons. The quantitative estimate of drug-likeness (QED) is 0.253. The number of nitrogens with zero attached hydrogens (tertiary/aromatic N) is 4. The van der Waals surface area contributed by atoms with Gasteiger partial charge in [0.1, 0.15) is 5.69 Å². The molecule has 6 aromatic heterocycles. The van der Waals surface area contributed by atoms with Gasteiger partial charge >= 0.3 is 0 Å². The van der Waals surface area contributed by atoms with Crippen LogP contribution < -0.4 is 5.32 Å². The Balaban J connectivity index is 1.26. The highest BCUT2D eigenvalue weighted by atomic mass is 32.1. The van der Waals surface area contributed by atoms with Crippen molar-refractivity contribution in [1.82, 2.24) is 30.1 Å². The molecule has 1 fully saturated rings. The van der Waals surface area contributed by atoms with E-state index in [0.717, 1.165) is 69.3 Å². The van der Waals surface area contributed by atoms with Crippen LogP contribution in [-0.2, 0) is 4.79 Å². The monoisotopic (exact) mass is 505 g/mol. The molecule has 1 saturated carbocycles. The van der Waals surface area contributed by atoms with Crippen molar-refractivity contribution in [3.63, 3.8) is 0 Å². The molecule has 6 heterocycles. The number of carbonyl (C=O) groups is 1. The lowest BCUT2D eigenvalue weighted by atomic mass is 9.85. The summed E-state index contributed by atoms with van der Waals surface area (Å²) in [5.74, 6) is 0.179. The molecule has 0 aromatic carbocycles. The second-order valence-electron chi connectivity index (χ2n) is 9.51. The first-order chi connectivity index (χ1) is 18.1. The van der Waals surface area contributed by atoms with Crippen LogP contribution in [0.2, 0.25) is 0 Å². The Morgan fingerprint density at radius 3 is 2.70 bits per heavy atom. The molecule has 1 amide bonds. The minimum absolute atomic E-state index is 0.0658. The summed E-state index contributed by atoms with van der Waals surface area (Å²) in [6.07, 6.45) is 12.0. The predicted molar refractivity (Wildman–Crippen MR) is 146 cm³/mol. The molecule has 37 heavy (non-hydrogen) atoms. The molecule has 1 aliphatic rings. The van der Waals surface area contributed by atoms with E-state index in [2.05, 4.69) is 60.6 Å². The highest BCUT2D eigenvalue weighted by Crippen LogP contribution is 2.36. The first-order valence-corrected chi connectivity index (χ1v) is 13.1. The third kappa shape index (κ3) is 3.88. The van der Waals surface area contributed by atoms with E-state index in [1.807, 2.05) is 24.5 Å². The molecule has 0 aliphatic heterocycles. The van der Waals surface area contributed by atoms with Crippen LogP contribution in [0.5, 0.6) is 0 Å². The number of rotatable bonds is 5. The third-order valence-corrected chi connectivity index (χ3v) is 8.07. The van der Waals surface area contributed by atoms with Crippen molar-refractivity contribution in [3.05, 3.63) is 66.2 Å². The number of hydrogen-bond donors (Lipinski definition) is 3. The normalized spacial score (nSPS) is 13.8. The van der Waals surface area contributed by atoms with Gasteiger partial charge in [0.2, 0.25) is 5.91 Å². The second kappa shape index (κ2) is 8.63. The molecular weight excluding hydrogens is 482 g/mol. The number of nitrogens with one attached hydrogen (secondary N) is 3. The van der Waals surface area contributed by atoms with Crippen molar-refractivity contribution in [3.8, 4) is 33.1 Å². The fourth-order valence-corrected chi connectivity index (χ4v) is 5.69. The SMILES string of the molecule is Cc1ccc(-c2cncc3[nH]c(-c4n[nH]c5cnc(-c6cncc(NC(=O)C7CCC7)c6)cc45)cc23)s1. The van der Waals surface area contributed by atoms with E-state index in [1.165, 1.54) is 9.75 Å². The number of fused-ring (bicyclic) bond motifs is 2. The van der Waals surface area contributed by atoms with Gasteiger partial charge in [-0.05, 0) is 50.1 Å². The van der Waals surface area contributed by atoms with Crippen LogP contribution in [-0.4, -0.2) is 36.0 Å². The van der Waals surface area contributed by atoms with Crippen molar-refractivity contribution in [1.29, 1.82) is 0 Å². The number of anilines is 1. The maximum atomic E-state index is 12.4. The van der Waals surface area contributed by atoms with E-state index in [0.29, 0.717) is 5.69 Å². The Hall–Kier alpha value is -4.37. The number of aromatic amines is 2. The van der Waals surface area contributed by atoms with Crippen LogP contribution in [0, 0.1) is 12.8 Å². The van der Waals surface area contributed by atoms with Crippen LogP contribution in [0.4, 0.5) is 5.69 Å². The first-order valence-electron chi connectivity index (χ1n) is 12.3.